The molecule has 0 N–H and O–H groups in total. The topological polar surface area (TPSA) is 89.5 Å². The SMILES string of the molecule is C=C1C(C#N)(C#N)N2N=Cc3ccccc3[C@H]2[C@@]1(Cc1ccccc1)C(=O)OCC. The minimum atomic E-state index is -1.78. The number of rotatable bonds is 4. The Balaban J connectivity index is 2.03. The normalized spacial score (nSPS) is 23.1. The predicted octanol–water partition coefficient (Wildman–Crippen LogP) is 3.53. The van der Waals surface area contributed by atoms with Crippen LogP contribution in [0.4, 0.5) is 0 Å². The Kier molecular flexibility index (Phi) is 4.64. The van der Waals surface area contributed by atoms with E-state index in [9.17, 15) is 15.3 Å². The molecule has 2 aliphatic rings. The van der Waals surface area contributed by atoms with Gasteiger partial charge in [-0.1, -0.05) is 61.2 Å². The number of hydrogen-bond acceptors (Lipinski definition) is 6. The monoisotopic (exact) mass is 396 g/mol. The number of ether oxygens (including phenoxy) is 1. The summed E-state index contributed by atoms with van der Waals surface area (Å²) in [5.74, 6) is -0.506. The molecule has 6 nitrogen and oxygen atoms in total. The maximum atomic E-state index is 13.6. The molecule has 0 bridgehead atoms. The number of hydrazone groups is 1. The van der Waals surface area contributed by atoms with Crippen molar-refractivity contribution in [2.24, 2.45) is 10.5 Å². The summed E-state index contributed by atoms with van der Waals surface area (Å²) in [7, 11) is 0. The lowest BCUT2D eigenvalue weighted by molar-refractivity contribution is -0.155. The smallest absolute Gasteiger partial charge is 0.319 e. The fourth-order valence-electron chi connectivity index (χ4n) is 4.53. The second kappa shape index (κ2) is 7.17. The Morgan fingerprint density at radius 1 is 1.17 bits per heavy atom. The first-order valence-electron chi connectivity index (χ1n) is 9.71. The lowest BCUT2D eigenvalue weighted by Crippen LogP contribution is -2.42. The summed E-state index contributed by atoms with van der Waals surface area (Å²) in [6.07, 6.45) is 1.86. The van der Waals surface area contributed by atoms with Crippen molar-refractivity contribution in [3.8, 4) is 12.1 Å². The Hall–Kier alpha value is -3.90. The van der Waals surface area contributed by atoms with Gasteiger partial charge in [0.25, 0.3) is 5.54 Å². The molecule has 0 radical (unpaired) electrons. The van der Waals surface area contributed by atoms with Gasteiger partial charge in [-0.25, -0.2) is 0 Å². The van der Waals surface area contributed by atoms with Gasteiger partial charge in [-0.3, -0.25) is 9.80 Å². The van der Waals surface area contributed by atoms with Crippen LogP contribution in [0.5, 0.6) is 0 Å². The van der Waals surface area contributed by atoms with E-state index in [0.29, 0.717) is 0 Å². The number of fused-ring (bicyclic) bond motifs is 3. The van der Waals surface area contributed by atoms with Gasteiger partial charge in [0.05, 0.1) is 18.9 Å². The van der Waals surface area contributed by atoms with Crippen molar-refractivity contribution in [2.45, 2.75) is 24.9 Å². The van der Waals surface area contributed by atoms with E-state index < -0.39 is 23.0 Å². The van der Waals surface area contributed by atoms with Crippen molar-refractivity contribution in [3.05, 3.63) is 83.4 Å². The van der Waals surface area contributed by atoms with E-state index >= 15 is 0 Å². The number of carbonyl (C=O) groups is 1. The zero-order valence-corrected chi connectivity index (χ0v) is 16.6. The first-order chi connectivity index (χ1) is 14.5. The number of carbonyl (C=O) groups excluding carboxylic acids is 1. The number of esters is 1. The molecule has 148 valence electrons. The maximum Gasteiger partial charge on any atom is 0.319 e. The van der Waals surface area contributed by atoms with Gasteiger partial charge >= 0.3 is 5.97 Å². The van der Waals surface area contributed by atoms with E-state index in [1.807, 2.05) is 54.6 Å². The Labute approximate surface area is 175 Å². The van der Waals surface area contributed by atoms with Gasteiger partial charge in [-0.2, -0.15) is 15.6 Å². The zero-order chi connectivity index (χ0) is 21.4. The van der Waals surface area contributed by atoms with E-state index in [1.165, 1.54) is 5.01 Å². The molecule has 6 heteroatoms. The number of nitrogens with zero attached hydrogens (tertiary/aromatic N) is 4. The van der Waals surface area contributed by atoms with Gasteiger partial charge in [0.15, 0.2) is 0 Å². The van der Waals surface area contributed by atoms with Crippen LogP contribution in [0.2, 0.25) is 0 Å². The fraction of sp³-hybridized carbons (Fsp3) is 0.250. The summed E-state index contributed by atoms with van der Waals surface area (Å²) < 4.78 is 5.52. The van der Waals surface area contributed by atoms with E-state index in [0.717, 1.165) is 16.7 Å². The zero-order valence-electron chi connectivity index (χ0n) is 16.6. The molecular formula is C24H20N4O2. The van der Waals surface area contributed by atoms with Crippen LogP contribution in [0.1, 0.15) is 29.7 Å². The average Bonchev–Trinajstić information content (AvgIpc) is 3.00. The third-order valence-corrected chi connectivity index (χ3v) is 5.93. The van der Waals surface area contributed by atoms with Crippen molar-refractivity contribution in [2.75, 3.05) is 6.61 Å². The summed E-state index contributed by atoms with van der Waals surface area (Å²) >= 11 is 0. The highest BCUT2D eigenvalue weighted by molar-refractivity contribution is 5.89. The molecule has 2 atom stereocenters. The molecule has 2 aliphatic heterocycles. The summed E-state index contributed by atoms with van der Waals surface area (Å²) in [5, 5.41) is 26.0. The van der Waals surface area contributed by atoms with Crippen molar-refractivity contribution in [1.29, 1.82) is 10.5 Å². The number of benzene rings is 2. The third kappa shape index (κ3) is 2.47. The molecule has 1 fully saturated rings. The molecular weight excluding hydrogens is 376 g/mol. The molecule has 0 spiro atoms. The number of nitriles is 2. The lowest BCUT2D eigenvalue weighted by Gasteiger charge is -2.37. The highest BCUT2D eigenvalue weighted by Crippen LogP contribution is 2.60. The fourth-order valence-corrected chi connectivity index (χ4v) is 4.53. The van der Waals surface area contributed by atoms with Crippen LogP contribution in [0.25, 0.3) is 0 Å². The van der Waals surface area contributed by atoms with Gasteiger partial charge in [-0.15, -0.1) is 0 Å². The molecule has 2 heterocycles. The quantitative estimate of drug-likeness (QED) is 0.583. The van der Waals surface area contributed by atoms with Gasteiger partial charge in [0, 0.05) is 0 Å². The number of hydrogen-bond donors (Lipinski definition) is 0. The molecule has 4 rings (SSSR count). The summed E-state index contributed by atoms with van der Waals surface area (Å²) in [5.41, 5.74) is -0.413. The summed E-state index contributed by atoms with van der Waals surface area (Å²) in [6, 6.07) is 20.5. The molecule has 1 saturated heterocycles. The average molecular weight is 396 g/mol. The van der Waals surface area contributed by atoms with Crippen LogP contribution < -0.4 is 0 Å². The first-order valence-corrected chi connectivity index (χ1v) is 9.71. The second-order valence-electron chi connectivity index (χ2n) is 7.39. The van der Waals surface area contributed by atoms with E-state index in [-0.39, 0.29) is 18.6 Å². The molecule has 0 aromatic heterocycles. The van der Waals surface area contributed by atoms with E-state index in [1.54, 1.807) is 13.1 Å². The molecule has 0 amide bonds. The largest absolute Gasteiger partial charge is 0.465 e. The van der Waals surface area contributed by atoms with Crippen molar-refractivity contribution in [1.82, 2.24) is 5.01 Å². The van der Waals surface area contributed by atoms with Crippen molar-refractivity contribution < 1.29 is 9.53 Å². The standard InChI is InChI=1S/C24H20N4O2/c1-3-30-22(29)24(13-18-9-5-4-6-10-18)17(2)23(15-25,16-26)28-21(24)20-12-8-7-11-19(20)14-27-28/h4-12,14,21H,2-3,13H2,1H3/t21-,24-/m0/s1. The van der Waals surface area contributed by atoms with Crippen LogP contribution in [-0.2, 0) is 16.0 Å². The van der Waals surface area contributed by atoms with Crippen molar-refractivity contribution in [3.63, 3.8) is 0 Å². The Morgan fingerprint density at radius 2 is 1.83 bits per heavy atom. The Bertz CT molecular complexity index is 1110. The second-order valence-corrected chi connectivity index (χ2v) is 7.39. The molecule has 0 saturated carbocycles. The summed E-state index contributed by atoms with van der Waals surface area (Å²) in [4.78, 5) is 13.6. The summed E-state index contributed by atoms with van der Waals surface area (Å²) in [6.45, 7) is 6.05. The van der Waals surface area contributed by atoms with Crippen LogP contribution in [0, 0.1) is 28.1 Å². The molecule has 0 unspecified atom stereocenters. The van der Waals surface area contributed by atoms with E-state index in [2.05, 4.69) is 23.8 Å². The van der Waals surface area contributed by atoms with Crippen LogP contribution in [0.3, 0.4) is 0 Å². The predicted molar refractivity (Wildman–Crippen MR) is 111 cm³/mol. The van der Waals surface area contributed by atoms with Gasteiger partial charge in [0.2, 0.25) is 0 Å². The van der Waals surface area contributed by atoms with Crippen molar-refractivity contribution >= 4 is 12.2 Å². The Morgan fingerprint density at radius 3 is 2.50 bits per heavy atom. The van der Waals surface area contributed by atoms with Gasteiger partial charge in [-0.05, 0) is 35.6 Å². The van der Waals surface area contributed by atoms with Crippen LogP contribution in [-0.4, -0.2) is 29.3 Å². The third-order valence-electron chi connectivity index (χ3n) is 5.93. The molecule has 2 aromatic rings. The highest BCUT2D eigenvalue weighted by atomic mass is 16.5. The van der Waals surface area contributed by atoms with E-state index in [4.69, 9.17) is 4.74 Å². The lowest BCUT2D eigenvalue weighted by atomic mass is 9.67. The molecule has 30 heavy (non-hydrogen) atoms. The maximum absolute atomic E-state index is 13.6. The van der Waals surface area contributed by atoms with Gasteiger partial charge < -0.3 is 4.74 Å². The minimum absolute atomic E-state index is 0.173. The van der Waals surface area contributed by atoms with Crippen LogP contribution in [0.15, 0.2) is 71.9 Å². The molecule has 2 aromatic carbocycles. The van der Waals surface area contributed by atoms with Crippen LogP contribution >= 0.6 is 0 Å². The molecule has 0 aliphatic carbocycles. The minimum Gasteiger partial charge on any atom is -0.465 e. The first kappa shape index (κ1) is 19.4. The highest BCUT2D eigenvalue weighted by Gasteiger charge is 2.69. The van der Waals surface area contributed by atoms with Gasteiger partial charge in [0.1, 0.15) is 17.6 Å².